The van der Waals surface area contributed by atoms with Gasteiger partial charge < -0.3 is 15.2 Å². The van der Waals surface area contributed by atoms with Crippen LogP contribution in [0.2, 0.25) is 10.0 Å². The number of aliphatic hydroxyl groups excluding tert-OH is 1. The summed E-state index contributed by atoms with van der Waals surface area (Å²) in [6.07, 6.45) is 3.08. The number of aromatic nitrogens is 2. The zero-order chi connectivity index (χ0) is 24.9. The summed E-state index contributed by atoms with van der Waals surface area (Å²) in [7, 11) is 0. The minimum absolute atomic E-state index is 0.257. The molecule has 2 N–H and O–H groups in total. The molecule has 4 rings (SSSR count). The first kappa shape index (κ1) is 25.5. The molecule has 35 heavy (non-hydrogen) atoms. The van der Waals surface area contributed by atoms with Crippen LogP contribution in [0.5, 0.6) is 5.75 Å². The van der Waals surface area contributed by atoms with Gasteiger partial charge in [0.15, 0.2) is 5.69 Å². The first-order valence-corrected chi connectivity index (χ1v) is 12.5. The minimum atomic E-state index is -0.565. The Morgan fingerprint density at radius 3 is 2.63 bits per heavy atom. The molecule has 1 fully saturated rings. The lowest BCUT2D eigenvalue weighted by atomic mass is 9.92. The van der Waals surface area contributed by atoms with E-state index in [0.717, 1.165) is 24.8 Å². The third kappa shape index (κ3) is 5.80. The Labute approximate surface area is 214 Å². The van der Waals surface area contributed by atoms with Crippen molar-refractivity contribution in [1.29, 1.82) is 0 Å². The van der Waals surface area contributed by atoms with Crippen molar-refractivity contribution in [2.24, 2.45) is 0 Å². The fraction of sp³-hybridized carbons (Fsp3) is 0.385. The summed E-state index contributed by atoms with van der Waals surface area (Å²) >= 11 is 12.6. The van der Waals surface area contributed by atoms with E-state index in [2.05, 4.69) is 10.4 Å². The van der Waals surface area contributed by atoms with Crippen LogP contribution in [0.15, 0.2) is 42.5 Å². The lowest BCUT2D eigenvalue weighted by Crippen LogP contribution is -2.45. The van der Waals surface area contributed by atoms with E-state index in [0.29, 0.717) is 52.2 Å². The molecule has 2 aromatic carbocycles. The number of rotatable bonds is 8. The van der Waals surface area contributed by atoms with Crippen LogP contribution in [0.4, 0.5) is 4.39 Å². The summed E-state index contributed by atoms with van der Waals surface area (Å²) in [5, 5.41) is 18.8. The molecule has 0 aliphatic heterocycles. The van der Waals surface area contributed by atoms with Crippen molar-refractivity contribution < 1.29 is 19.0 Å². The van der Waals surface area contributed by atoms with Gasteiger partial charge in [0, 0.05) is 22.6 Å². The SMILES string of the molecule is Cc1c(C(=O)NC2CCCCC2O)nn(-c2ccc(Cl)cc2Cl)c1-c1ccc(OCCCF)cc1. The molecule has 0 spiro atoms. The highest BCUT2D eigenvalue weighted by molar-refractivity contribution is 6.35. The number of aliphatic hydroxyl groups is 1. The molecule has 0 bridgehead atoms. The van der Waals surface area contributed by atoms with Gasteiger partial charge in [0.05, 0.1) is 41.8 Å². The van der Waals surface area contributed by atoms with E-state index in [1.165, 1.54) is 0 Å². The van der Waals surface area contributed by atoms with Gasteiger partial charge in [0.1, 0.15) is 5.75 Å². The third-order valence-electron chi connectivity index (χ3n) is 6.20. The number of benzene rings is 2. The maximum Gasteiger partial charge on any atom is 0.272 e. The van der Waals surface area contributed by atoms with Crippen LogP contribution < -0.4 is 10.1 Å². The molecule has 0 saturated heterocycles. The molecule has 2 atom stereocenters. The number of amides is 1. The van der Waals surface area contributed by atoms with Crippen LogP contribution in [0, 0.1) is 6.92 Å². The van der Waals surface area contributed by atoms with E-state index in [1.807, 2.05) is 19.1 Å². The number of halogens is 3. The number of alkyl halides is 1. The fourth-order valence-corrected chi connectivity index (χ4v) is 4.84. The van der Waals surface area contributed by atoms with Gasteiger partial charge in [0.2, 0.25) is 0 Å². The van der Waals surface area contributed by atoms with Gasteiger partial charge in [-0.2, -0.15) is 5.10 Å². The number of ether oxygens (including phenoxy) is 1. The lowest BCUT2D eigenvalue weighted by molar-refractivity contribution is 0.0713. The summed E-state index contributed by atoms with van der Waals surface area (Å²) in [5.41, 5.74) is 3.00. The van der Waals surface area contributed by atoms with Crippen molar-refractivity contribution in [3.63, 3.8) is 0 Å². The van der Waals surface area contributed by atoms with E-state index >= 15 is 0 Å². The Kier molecular flexibility index (Phi) is 8.31. The molecular weight excluding hydrogens is 492 g/mol. The number of carbonyl (C=O) groups is 1. The summed E-state index contributed by atoms with van der Waals surface area (Å²) in [5.74, 6) is 0.282. The van der Waals surface area contributed by atoms with E-state index in [-0.39, 0.29) is 17.6 Å². The second-order valence-electron chi connectivity index (χ2n) is 8.68. The standard InChI is InChI=1S/C26H28Cl2FN3O3/c1-16-24(26(34)30-21-5-2-3-6-23(21)33)31-32(22-12-9-18(27)15-20(22)28)25(16)17-7-10-19(11-8-17)35-14-4-13-29/h7-12,15,21,23,33H,2-6,13-14H2,1H3,(H,30,34). The van der Waals surface area contributed by atoms with Crippen LogP contribution in [-0.4, -0.2) is 46.2 Å². The van der Waals surface area contributed by atoms with Gasteiger partial charge in [-0.3, -0.25) is 9.18 Å². The summed E-state index contributed by atoms with van der Waals surface area (Å²) in [4.78, 5) is 13.2. The second kappa shape index (κ2) is 11.4. The summed E-state index contributed by atoms with van der Waals surface area (Å²) in [6, 6.07) is 12.1. The first-order chi connectivity index (χ1) is 16.9. The van der Waals surface area contributed by atoms with Crippen molar-refractivity contribution in [3.05, 3.63) is 63.8 Å². The molecule has 1 aromatic heterocycles. The number of hydrogen-bond donors (Lipinski definition) is 2. The van der Waals surface area contributed by atoms with Crippen molar-refractivity contribution in [1.82, 2.24) is 15.1 Å². The quantitative estimate of drug-likeness (QED) is 0.361. The molecular formula is C26H28Cl2FN3O3. The van der Waals surface area contributed by atoms with Crippen LogP contribution in [0.3, 0.4) is 0 Å². The van der Waals surface area contributed by atoms with Crippen molar-refractivity contribution in [2.75, 3.05) is 13.3 Å². The molecule has 2 unspecified atom stereocenters. The predicted octanol–water partition coefficient (Wildman–Crippen LogP) is 5.93. The zero-order valence-corrected chi connectivity index (χ0v) is 20.9. The predicted molar refractivity (Wildman–Crippen MR) is 136 cm³/mol. The zero-order valence-electron chi connectivity index (χ0n) is 19.4. The normalized spacial score (nSPS) is 17.9. The highest BCUT2D eigenvalue weighted by atomic mass is 35.5. The van der Waals surface area contributed by atoms with Gasteiger partial charge in [-0.1, -0.05) is 36.0 Å². The van der Waals surface area contributed by atoms with Crippen molar-refractivity contribution >= 4 is 29.1 Å². The average Bonchev–Trinajstić information content (AvgIpc) is 3.18. The number of hydrogen-bond acceptors (Lipinski definition) is 4. The number of nitrogens with zero attached hydrogens (tertiary/aromatic N) is 2. The maximum absolute atomic E-state index is 13.2. The second-order valence-corrected chi connectivity index (χ2v) is 9.52. The van der Waals surface area contributed by atoms with E-state index in [9.17, 15) is 14.3 Å². The number of nitrogens with one attached hydrogen (secondary N) is 1. The molecule has 6 nitrogen and oxygen atoms in total. The molecule has 1 amide bonds. The Hall–Kier alpha value is -2.61. The minimum Gasteiger partial charge on any atom is -0.493 e. The molecule has 3 aromatic rings. The highest BCUT2D eigenvalue weighted by Gasteiger charge is 2.28. The van der Waals surface area contributed by atoms with Crippen LogP contribution in [0.25, 0.3) is 16.9 Å². The van der Waals surface area contributed by atoms with E-state index in [4.69, 9.17) is 27.9 Å². The Morgan fingerprint density at radius 1 is 1.20 bits per heavy atom. The molecule has 1 aliphatic carbocycles. The van der Waals surface area contributed by atoms with Gasteiger partial charge in [-0.25, -0.2) is 4.68 Å². The van der Waals surface area contributed by atoms with Crippen LogP contribution in [-0.2, 0) is 0 Å². The molecule has 186 valence electrons. The highest BCUT2D eigenvalue weighted by Crippen LogP contribution is 2.33. The molecule has 1 saturated carbocycles. The van der Waals surface area contributed by atoms with Crippen LogP contribution in [0.1, 0.15) is 48.2 Å². The molecule has 0 radical (unpaired) electrons. The Balaban J connectivity index is 1.72. The lowest BCUT2D eigenvalue weighted by Gasteiger charge is -2.28. The summed E-state index contributed by atoms with van der Waals surface area (Å²) in [6.45, 7) is 1.70. The monoisotopic (exact) mass is 519 g/mol. The Morgan fingerprint density at radius 2 is 1.94 bits per heavy atom. The number of carbonyl (C=O) groups excluding carboxylic acids is 1. The largest absolute Gasteiger partial charge is 0.493 e. The van der Waals surface area contributed by atoms with E-state index < -0.39 is 12.8 Å². The summed E-state index contributed by atoms with van der Waals surface area (Å²) < 4.78 is 19.6. The Bertz CT molecular complexity index is 1180. The molecule has 1 aliphatic rings. The fourth-order valence-electron chi connectivity index (χ4n) is 4.35. The van der Waals surface area contributed by atoms with Crippen LogP contribution >= 0.6 is 23.2 Å². The first-order valence-electron chi connectivity index (χ1n) is 11.7. The van der Waals surface area contributed by atoms with Crippen molar-refractivity contribution in [2.45, 2.75) is 51.2 Å². The topological polar surface area (TPSA) is 76.4 Å². The van der Waals surface area contributed by atoms with Gasteiger partial charge in [-0.05, 0) is 62.2 Å². The smallest absolute Gasteiger partial charge is 0.272 e. The maximum atomic E-state index is 13.2. The van der Waals surface area contributed by atoms with E-state index in [1.54, 1.807) is 35.0 Å². The molecule has 9 heteroatoms. The average molecular weight is 520 g/mol. The third-order valence-corrected chi connectivity index (χ3v) is 6.73. The molecule has 1 heterocycles. The van der Waals surface area contributed by atoms with Crippen molar-refractivity contribution in [3.8, 4) is 22.7 Å². The van der Waals surface area contributed by atoms with Gasteiger partial charge >= 0.3 is 0 Å². The van der Waals surface area contributed by atoms with Gasteiger partial charge in [-0.15, -0.1) is 0 Å². The van der Waals surface area contributed by atoms with Gasteiger partial charge in [0.25, 0.3) is 5.91 Å².